The first-order valence-corrected chi connectivity index (χ1v) is 9.07. The smallest absolute Gasteiger partial charge is 0.226 e. The molecule has 1 amide bonds. The highest BCUT2D eigenvalue weighted by molar-refractivity contribution is 7.99. The van der Waals surface area contributed by atoms with Crippen LogP contribution in [0.15, 0.2) is 40.0 Å². The fourth-order valence-corrected chi connectivity index (χ4v) is 3.47. The summed E-state index contributed by atoms with van der Waals surface area (Å²) in [5, 5.41) is 12.6. The predicted octanol–water partition coefficient (Wildman–Crippen LogP) is 3.00. The van der Waals surface area contributed by atoms with Crippen LogP contribution in [0, 0.1) is 13.8 Å². The van der Waals surface area contributed by atoms with Gasteiger partial charge in [0.15, 0.2) is 16.6 Å². The first kappa shape index (κ1) is 16.5. The quantitative estimate of drug-likeness (QED) is 0.427. The van der Waals surface area contributed by atoms with Gasteiger partial charge in [-0.15, -0.1) is 5.10 Å². The summed E-state index contributed by atoms with van der Waals surface area (Å²) in [4.78, 5) is 21.2. The van der Waals surface area contributed by atoms with Crippen LogP contribution in [-0.2, 0) is 4.79 Å². The molecule has 4 rings (SSSR count). The van der Waals surface area contributed by atoms with Crippen LogP contribution < -0.4 is 5.32 Å². The number of anilines is 1. The lowest BCUT2D eigenvalue weighted by Crippen LogP contribution is -2.12. The largest absolute Gasteiger partial charge is 0.360 e. The Morgan fingerprint density at radius 3 is 2.92 bits per heavy atom. The molecule has 9 heteroatoms. The summed E-state index contributed by atoms with van der Waals surface area (Å²) >= 11 is 1.47. The number of rotatable bonds is 5. The molecule has 0 spiro atoms. The second-order valence-corrected chi connectivity index (χ2v) is 6.84. The van der Waals surface area contributed by atoms with Crippen LogP contribution in [0.2, 0.25) is 0 Å². The van der Waals surface area contributed by atoms with Gasteiger partial charge < -0.3 is 9.84 Å². The Balaban J connectivity index is 1.50. The third-order valence-electron chi connectivity index (χ3n) is 3.71. The van der Waals surface area contributed by atoms with Gasteiger partial charge in [-0.2, -0.15) is 4.52 Å². The van der Waals surface area contributed by atoms with Crippen molar-refractivity contribution in [1.82, 2.24) is 24.7 Å². The van der Waals surface area contributed by atoms with Crippen LogP contribution in [-0.4, -0.2) is 36.4 Å². The molecule has 0 bridgehead atoms. The molecule has 0 aliphatic rings. The van der Waals surface area contributed by atoms with Crippen molar-refractivity contribution in [2.24, 2.45) is 0 Å². The second kappa shape index (κ2) is 6.75. The molecule has 0 unspecified atom stereocenters. The Morgan fingerprint density at radius 1 is 1.27 bits per heavy atom. The Morgan fingerprint density at radius 2 is 2.12 bits per heavy atom. The Kier molecular flexibility index (Phi) is 4.29. The maximum atomic E-state index is 12.0. The minimum atomic E-state index is -0.127. The van der Waals surface area contributed by atoms with Crippen molar-refractivity contribution < 1.29 is 9.32 Å². The highest BCUT2D eigenvalue weighted by atomic mass is 32.2. The number of carbonyl (C=O) groups is 1. The summed E-state index contributed by atoms with van der Waals surface area (Å²) in [6.07, 6.45) is 0.320. The van der Waals surface area contributed by atoms with Crippen molar-refractivity contribution in [3.8, 4) is 0 Å². The van der Waals surface area contributed by atoms with E-state index in [1.807, 2.05) is 31.2 Å². The zero-order chi connectivity index (χ0) is 18.1. The molecule has 4 aromatic rings. The van der Waals surface area contributed by atoms with Crippen LogP contribution in [0.5, 0.6) is 0 Å². The number of amides is 1. The number of hydrogen-bond acceptors (Lipinski definition) is 7. The van der Waals surface area contributed by atoms with Crippen LogP contribution in [0.3, 0.4) is 0 Å². The fourth-order valence-electron chi connectivity index (χ4n) is 2.59. The molecule has 1 aromatic carbocycles. The summed E-state index contributed by atoms with van der Waals surface area (Å²) < 4.78 is 6.67. The highest BCUT2D eigenvalue weighted by Gasteiger charge is 2.13. The van der Waals surface area contributed by atoms with Gasteiger partial charge in [-0.05, 0) is 26.0 Å². The molecule has 0 saturated carbocycles. The molecule has 1 N–H and O–H groups in total. The maximum Gasteiger partial charge on any atom is 0.226 e. The van der Waals surface area contributed by atoms with Gasteiger partial charge in [-0.3, -0.25) is 4.79 Å². The van der Waals surface area contributed by atoms with E-state index in [9.17, 15) is 4.79 Å². The van der Waals surface area contributed by atoms with Crippen LogP contribution in [0.1, 0.15) is 18.0 Å². The molecule has 26 heavy (non-hydrogen) atoms. The molecule has 0 aliphatic heterocycles. The number of aryl methyl sites for hydroxylation is 2. The van der Waals surface area contributed by atoms with E-state index in [4.69, 9.17) is 4.52 Å². The van der Waals surface area contributed by atoms with Gasteiger partial charge in [0.05, 0.1) is 5.52 Å². The molecular formula is C17H16N6O2S. The molecule has 0 fully saturated rings. The second-order valence-electron chi connectivity index (χ2n) is 5.78. The summed E-state index contributed by atoms with van der Waals surface area (Å²) in [6.45, 7) is 3.62. The van der Waals surface area contributed by atoms with Crippen molar-refractivity contribution in [2.75, 3.05) is 11.1 Å². The number of fused-ring (bicyclic) bond motifs is 3. The average Bonchev–Trinajstić information content (AvgIpc) is 3.20. The van der Waals surface area contributed by atoms with Crippen LogP contribution in [0.25, 0.3) is 16.6 Å². The Labute approximate surface area is 153 Å². The molecule has 8 nitrogen and oxygen atoms in total. The molecule has 0 atom stereocenters. The maximum absolute atomic E-state index is 12.0. The first-order chi connectivity index (χ1) is 12.6. The van der Waals surface area contributed by atoms with Gasteiger partial charge in [0.25, 0.3) is 0 Å². The number of carbonyl (C=O) groups excluding carboxylic acids is 1. The SMILES string of the molecule is Cc1nc2c3ccccc3nc(SCCC(=O)Nc3cc(C)on3)n2n1. The number of thioether (sulfide) groups is 1. The summed E-state index contributed by atoms with van der Waals surface area (Å²) in [5.74, 6) is 2.19. The van der Waals surface area contributed by atoms with Gasteiger partial charge in [-0.1, -0.05) is 29.1 Å². The van der Waals surface area contributed by atoms with Gasteiger partial charge >= 0.3 is 0 Å². The van der Waals surface area contributed by atoms with E-state index in [0.717, 1.165) is 16.6 Å². The minimum Gasteiger partial charge on any atom is -0.360 e. The van der Waals surface area contributed by atoms with E-state index in [2.05, 4.69) is 25.5 Å². The molecule has 132 valence electrons. The van der Waals surface area contributed by atoms with Gasteiger partial charge in [0.1, 0.15) is 11.6 Å². The third kappa shape index (κ3) is 3.25. The van der Waals surface area contributed by atoms with E-state index in [1.165, 1.54) is 11.8 Å². The lowest BCUT2D eigenvalue weighted by atomic mass is 10.2. The zero-order valence-corrected chi connectivity index (χ0v) is 15.1. The number of nitrogens with zero attached hydrogens (tertiary/aromatic N) is 5. The zero-order valence-electron chi connectivity index (χ0n) is 14.3. The number of aromatic nitrogens is 5. The first-order valence-electron chi connectivity index (χ1n) is 8.08. The van der Waals surface area contributed by atoms with Gasteiger partial charge in [0, 0.05) is 23.6 Å². The summed E-state index contributed by atoms with van der Waals surface area (Å²) in [6, 6.07) is 9.50. The molecular weight excluding hydrogens is 352 g/mol. The van der Waals surface area contributed by atoms with Crippen molar-refractivity contribution in [3.63, 3.8) is 0 Å². The van der Waals surface area contributed by atoms with Gasteiger partial charge in [0.2, 0.25) is 5.91 Å². The monoisotopic (exact) mass is 368 g/mol. The number of nitrogens with one attached hydrogen (secondary N) is 1. The molecule has 3 aromatic heterocycles. The molecule has 0 aliphatic carbocycles. The molecule has 0 radical (unpaired) electrons. The standard InChI is InChI=1S/C17H16N6O2S/c1-10-9-14(22-25-10)20-15(24)7-8-26-17-19-13-6-4-3-5-12(13)16-18-11(2)21-23(16)17/h3-6,9H,7-8H2,1-2H3,(H,20,22,24). The van der Waals surface area contributed by atoms with Crippen LogP contribution >= 0.6 is 11.8 Å². The van der Waals surface area contributed by atoms with Crippen molar-refractivity contribution in [3.05, 3.63) is 41.9 Å². The minimum absolute atomic E-state index is 0.127. The normalized spacial score (nSPS) is 11.3. The highest BCUT2D eigenvalue weighted by Crippen LogP contribution is 2.24. The molecule has 0 saturated heterocycles. The van der Waals surface area contributed by atoms with Crippen LogP contribution in [0.4, 0.5) is 5.82 Å². The number of para-hydroxylation sites is 1. The van der Waals surface area contributed by atoms with Crippen molar-refractivity contribution in [1.29, 1.82) is 0 Å². The van der Waals surface area contributed by atoms with E-state index in [0.29, 0.717) is 34.7 Å². The van der Waals surface area contributed by atoms with Crippen molar-refractivity contribution >= 4 is 40.0 Å². The fraction of sp³-hybridized carbons (Fsp3) is 0.235. The summed E-state index contributed by atoms with van der Waals surface area (Å²) in [5.41, 5.74) is 1.63. The van der Waals surface area contributed by atoms with Gasteiger partial charge in [-0.25, -0.2) is 9.97 Å². The van der Waals surface area contributed by atoms with E-state index >= 15 is 0 Å². The third-order valence-corrected chi connectivity index (χ3v) is 4.64. The Bertz CT molecular complexity index is 1100. The lowest BCUT2D eigenvalue weighted by molar-refractivity contribution is -0.115. The number of benzene rings is 1. The summed E-state index contributed by atoms with van der Waals surface area (Å²) in [7, 11) is 0. The van der Waals surface area contributed by atoms with E-state index in [1.54, 1.807) is 17.5 Å². The van der Waals surface area contributed by atoms with Crippen molar-refractivity contribution in [2.45, 2.75) is 25.4 Å². The van der Waals surface area contributed by atoms with E-state index < -0.39 is 0 Å². The molecule has 3 heterocycles. The Hall–Kier alpha value is -2.94. The topological polar surface area (TPSA) is 98.2 Å². The predicted molar refractivity (Wildman–Crippen MR) is 98.2 cm³/mol. The van der Waals surface area contributed by atoms with E-state index in [-0.39, 0.29) is 5.91 Å². The number of hydrogen-bond donors (Lipinski definition) is 1. The average molecular weight is 368 g/mol. The lowest BCUT2D eigenvalue weighted by Gasteiger charge is -2.06.